The third-order valence-electron chi connectivity index (χ3n) is 3.01. The largest absolute Gasteiger partial charge is 0.486 e. The average molecular weight is 303 g/mol. The van der Waals surface area contributed by atoms with Crippen LogP contribution in [0.2, 0.25) is 0 Å². The van der Waals surface area contributed by atoms with E-state index in [-0.39, 0.29) is 11.3 Å². The van der Waals surface area contributed by atoms with Crippen molar-refractivity contribution in [1.82, 2.24) is 4.98 Å². The number of nitrogens with one attached hydrogen (secondary N) is 1. The van der Waals surface area contributed by atoms with Crippen LogP contribution in [0.3, 0.4) is 0 Å². The van der Waals surface area contributed by atoms with Crippen molar-refractivity contribution in [3.63, 3.8) is 0 Å². The minimum atomic E-state index is -0.139. The molecule has 0 fully saturated rings. The van der Waals surface area contributed by atoms with Crippen LogP contribution in [-0.4, -0.2) is 10.8 Å². The summed E-state index contributed by atoms with van der Waals surface area (Å²) in [6, 6.07) is 7.91. The Hall–Kier alpha value is -1.88. The summed E-state index contributed by atoms with van der Waals surface area (Å²) in [7, 11) is 0. The van der Waals surface area contributed by atoms with Gasteiger partial charge >= 0.3 is 0 Å². The van der Waals surface area contributed by atoms with E-state index in [9.17, 15) is 0 Å². The number of hydrogen-bond acceptors (Lipinski definition) is 4. The van der Waals surface area contributed by atoms with Crippen LogP contribution in [-0.2, 0) is 12.0 Å². The summed E-state index contributed by atoms with van der Waals surface area (Å²) >= 11 is 1.43. The van der Waals surface area contributed by atoms with Gasteiger partial charge < -0.3 is 10.5 Å². The fourth-order valence-electron chi connectivity index (χ4n) is 1.90. The van der Waals surface area contributed by atoms with Crippen LogP contribution in [0, 0.1) is 12.3 Å². The highest BCUT2D eigenvalue weighted by molar-refractivity contribution is 7.13. The Morgan fingerprint density at radius 3 is 2.38 bits per heavy atom. The predicted octanol–water partition coefficient (Wildman–Crippen LogP) is 3.61. The summed E-state index contributed by atoms with van der Waals surface area (Å²) in [5, 5.41) is 8.54. The third kappa shape index (κ3) is 3.82. The first-order valence-corrected chi connectivity index (χ1v) is 7.63. The first-order chi connectivity index (χ1) is 9.77. The van der Waals surface area contributed by atoms with E-state index in [2.05, 4.69) is 25.8 Å². The number of nitrogens with two attached hydrogens (primary N) is 1. The average Bonchev–Trinajstić information content (AvgIpc) is 2.82. The number of aromatic nitrogens is 1. The number of nitrogen functional groups attached to an aromatic ring is 1. The number of rotatable bonds is 4. The molecule has 0 saturated heterocycles. The molecule has 5 heteroatoms. The highest BCUT2D eigenvalue weighted by atomic mass is 32.1. The zero-order chi connectivity index (χ0) is 15.6. The molecule has 0 bridgehead atoms. The molecule has 1 aromatic heterocycles. The topological polar surface area (TPSA) is 72.0 Å². The second kappa shape index (κ2) is 5.85. The first-order valence-electron chi connectivity index (χ1n) is 6.81. The molecule has 4 nitrogen and oxygen atoms in total. The van der Waals surface area contributed by atoms with Gasteiger partial charge in [0.25, 0.3) is 0 Å². The minimum absolute atomic E-state index is 0.0685. The fourth-order valence-corrected chi connectivity index (χ4v) is 2.95. The van der Waals surface area contributed by atoms with E-state index in [1.807, 2.05) is 31.2 Å². The van der Waals surface area contributed by atoms with Crippen LogP contribution in [0.5, 0.6) is 5.75 Å². The van der Waals surface area contributed by atoms with Crippen LogP contribution >= 0.6 is 11.3 Å². The highest BCUT2D eigenvalue weighted by Gasteiger charge is 2.24. The number of thiazole rings is 1. The lowest BCUT2D eigenvalue weighted by molar-refractivity contribution is 0.305. The second-order valence-corrected chi connectivity index (χ2v) is 7.13. The molecule has 0 aliphatic carbocycles. The maximum absolute atomic E-state index is 7.70. The molecule has 0 aliphatic heterocycles. The predicted molar refractivity (Wildman–Crippen MR) is 87.3 cm³/mol. The van der Waals surface area contributed by atoms with Crippen molar-refractivity contribution < 1.29 is 4.74 Å². The fraction of sp³-hybridized carbons (Fsp3) is 0.375. The molecule has 2 rings (SSSR count). The van der Waals surface area contributed by atoms with Gasteiger partial charge in [-0.3, -0.25) is 5.41 Å². The lowest BCUT2D eigenvalue weighted by Gasteiger charge is -2.16. The van der Waals surface area contributed by atoms with Crippen molar-refractivity contribution in [3.8, 4) is 5.75 Å². The van der Waals surface area contributed by atoms with Gasteiger partial charge in [0.05, 0.1) is 10.6 Å². The lowest BCUT2D eigenvalue weighted by Crippen LogP contribution is -2.19. The summed E-state index contributed by atoms with van der Waals surface area (Å²) in [6.45, 7) is 8.64. The molecule has 2 aromatic rings. The molecular weight excluding hydrogens is 282 g/mol. The van der Waals surface area contributed by atoms with Crippen LogP contribution < -0.4 is 10.5 Å². The van der Waals surface area contributed by atoms with Crippen molar-refractivity contribution in [3.05, 3.63) is 45.4 Å². The Bertz CT molecular complexity index is 639. The number of amidine groups is 1. The van der Waals surface area contributed by atoms with Gasteiger partial charge in [-0.15, -0.1) is 11.3 Å². The zero-order valence-electron chi connectivity index (χ0n) is 12.9. The molecule has 3 N–H and O–H groups in total. The van der Waals surface area contributed by atoms with E-state index in [1.54, 1.807) is 0 Å². The third-order valence-corrected chi connectivity index (χ3v) is 4.07. The van der Waals surface area contributed by atoms with Crippen molar-refractivity contribution in [2.45, 2.75) is 39.7 Å². The maximum atomic E-state index is 7.70. The number of nitrogens with zero attached hydrogens (tertiary/aromatic N) is 1. The molecule has 0 atom stereocenters. The SMILES string of the molecule is Cc1ccc(OCc2nc(C(C)(C)C)c(C(=N)N)s2)cc1. The molecule has 0 aliphatic rings. The van der Waals surface area contributed by atoms with Gasteiger partial charge in [-0.2, -0.15) is 0 Å². The normalized spacial score (nSPS) is 11.4. The van der Waals surface area contributed by atoms with E-state index in [4.69, 9.17) is 15.9 Å². The van der Waals surface area contributed by atoms with Crippen molar-refractivity contribution in [2.75, 3.05) is 0 Å². The number of benzene rings is 1. The smallest absolute Gasteiger partial charge is 0.140 e. The molecule has 0 unspecified atom stereocenters. The Kier molecular flexibility index (Phi) is 4.32. The van der Waals surface area contributed by atoms with Crippen molar-refractivity contribution in [2.24, 2.45) is 5.73 Å². The zero-order valence-corrected chi connectivity index (χ0v) is 13.7. The second-order valence-electron chi connectivity index (χ2n) is 6.05. The Labute approximate surface area is 129 Å². The molecular formula is C16H21N3OS. The van der Waals surface area contributed by atoms with Crippen molar-refractivity contribution in [1.29, 1.82) is 5.41 Å². The minimum Gasteiger partial charge on any atom is -0.486 e. The van der Waals surface area contributed by atoms with E-state index in [0.717, 1.165) is 21.3 Å². The Morgan fingerprint density at radius 2 is 1.90 bits per heavy atom. The van der Waals surface area contributed by atoms with E-state index in [0.29, 0.717) is 6.61 Å². The van der Waals surface area contributed by atoms with Gasteiger partial charge in [-0.25, -0.2) is 4.98 Å². The molecule has 0 saturated carbocycles. The number of ether oxygens (including phenoxy) is 1. The summed E-state index contributed by atoms with van der Waals surface area (Å²) in [5.74, 6) is 0.886. The quantitative estimate of drug-likeness (QED) is 0.669. The molecule has 21 heavy (non-hydrogen) atoms. The molecule has 112 valence electrons. The summed E-state index contributed by atoms with van der Waals surface area (Å²) < 4.78 is 5.74. The lowest BCUT2D eigenvalue weighted by atomic mass is 9.91. The summed E-state index contributed by atoms with van der Waals surface area (Å²) in [4.78, 5) is 5.35. The molecule has 1 aromatic carbocycles. The number of aryl methyl sites for hydroxylation is 1. The molecule has 1 heterocycles. The standard InChI is InChI=1S/C16H21N3OS/c1-10-5-7-11(8-6-10)20-9-12-19-14(16(2,3)4)13(21-12)15(17)18/h5-8H,9H2,1-4H3,(H3,17,18). The van der Waals surface area contributed by atoms with Gasteiger partial charge in [0, 0.05) is 5.41 Å². The van der Waals surface area contributed by atoms with E-state index in [1.165, 1.54) is 16.9 Å². The van der Waals surface area contributed by atoms with Crippen molar-refractivity contribution >= 4 is 17.2 Å². The van der Waals surface area contributed by atoms with Crippen LogP contribution in [0.25, 0.3) is 0 Å². The summed E-state index contributed by atoms with van der Waals surface area (Å²) in [5.41, 5.74) is 7.59. The van der Waals surface area contributed by atoms with E-state index < -0.39 is 0 Å². The van der Waals surface area contributed by atoms with Crippen LogP contribution in [0.4, 0.5) is 0 Å². The first kappa shape index (κ1) is 15.5. The van der Waals surface area contributed by atoms with E-state index >= 15 is 0 Å². The monoisotopic (exact) mass is 303 g/mol. The van der Waals surface area contributed by atoms with Gasteiger partial charge in [0.2, 0.25) is 0 Å². The number of hydrogen-bond donors (Lipinski definition) is 2. The van der Waals surface area contributed by atoms with Gasteiger partial charge in [-0.05, 0) is 19.1 Å². The Morgan fingerprint density at radius 1 is 1.29 bits per heavy atom. The molecule has 0 radical (unpaired) electrons. The van der Waals surface area contributed by atoms with Crippen LogP contribution in [0.1, 0.15) is 41.9 Å². The Balaban J connectivity index is 2.17. The molecule has 0 amide bonds. The maximum Gasteiger partial charge on any atom is 0.140 e. The van der Waals surface area contributed by atoms with Gasteiger partial charge in [0.1, 0.15) is 23.2 Å². The van der Waals surface area contributed by atoms with Gasteiger partial charge in [-0.1, -0.05) is 38.5 Å². The van der Waals surface area contributed by atoms with Crippen LogP contribution in [0.15, 0.2) is 24.3 Å². The molecule has 0 spiro atoms. The highest BCUT2D eigenvalue weighted by Crippen LogP contribution is 2.29. The van der Waals surface area contributed by atoms with Gasteiger partial charge in [0.15, 0.2) is 0 Å². The summed E-state index contributed by atoms with van der Waals surface area (Å²) in [6.07, 6.45) is 0.